The number of aromatic nitrogens is 2. The van der Waals surface area contributed by atoms with E-state index in [2.05, 4.69) is 26.2 Å². The molecule has 0 saturated carbocycles. The number of halogens is 1. The number of fused-ring (bicyclic) bond motifs is 1. The van der Waals surface area contributed by atoms with Crippen LogP contribution in [0.15, 0.2) is 22.9 Å². The van der Waals surface area contributed by atoms with Crippen LogP contribution in [0.25, 0.3) is 10.9 Å². The number of carbonyl (C=O) groups is 1. The predicted molar refractivity (Wildman–Crippen MR) is 61.6 cm³/mol. The molecule has 0 bridgehead atoms. The first-order valence-corrected chi connectivity index (χ1v) is 5.04. The molecule has 0 saturated heterocycles. The Balaban J connectivity index is 2.55. The van der Waals surface area contributed by atoms with Gasteiger partial charge >= 0.3 is 6.03 Å². The van der Waals surface area contributed by atoms with E-state index in [1.807, 2.05) is 17.8 Å². The molecule has 2 amide bonds. The summed E-state index contributed by atoms with van der Waals surface area (Å²) >= 11 is 3.43. The van der Waals surface area contributed by atoms with Gasteiger partial charge in [-0.25, -0.2) is 9.78 Å². The largest absolute Gasteiger partial charge is 0.351 e. The van der Waals surface area contributed by atoms with Gasteiger partial charge in [0.25, 0.3) is 0 Å². The average Bonchev–Trinajstić information content (AvgIpc) is 2.41. The maximum Gasteiger partial charge on any atom is 0.317 e. The fourth-order valence-electron chi connectivity index (χ4n) is 1.42. The third kappa shape index (κ3) is 1.80. The number of hydrogen-bond acceptors (Lipinski definition) is 2. The van der Waals surface area contributed by atoms with Crippen LogP contribution in [0, 0.1) is 0 Å². The zero-order valence-corrected chi connectivity index (χ0v) is 9.58. The molecule has 78 valence electrons. The number of aryl methyl sites for hydroxylation is 1. The quantitative estimate of drug-likeness (QED) is 0.828. The van der Waals surface area contributed by atoms with Gasteiger partial charge in [-0.15, -0.1) is 0 Å². The van der Waals surface area contributed by atoms with Crippen molar-refractivity contribution < 1.29 is 4.79 Å². The highest BCUT2D eigenvalue weighted by Crippen LogP contribution is 2.26. The second-order valence-corrected chi connectivity index (χ2v) is 4.02. The number of pyridine rings is 1. The Kier molecular flexibility index (Phi) is 2.36. The molecule has 2 rings (SSSR count). The fraction of sp³-hybridized carbons (Fsp3) is 0.111. The van der Waals surface area contributed by atoms with Crippen molar-refractivity contribution in [2.24, 2.45) is 12.8 Å². The second kappa shape index (κ2) is 3.54. The zero-order chi connectivity index (χ0) is 11.0. The molecule has 0 spiro atoms. The lowest BCUT2D eigenvalue weighted by atomic mass is 10.3. The summed E-state index contributed by atoms with van der Waals surface area (Å²) in [4.78, 5) is 14.7. The van der Waals surface area contributed by atoms with E-state index < -0.39 is 6.03 Å². The lowest BCUT2D eigenvalue weighted by Gasteiger charge is -2.01. The summed E-state index contributed by atoms with van der Waals surface area (Å²) in [7, 11) is 1.93. The Morgan fingerprint density at radius 2 is 2.40 bits per heavy atom. The van der Waals surface area contributed by atoms with Gasteiger partial charge in [0.15, 0.2) is 0 Å². The molecule has 0 aliphatic carbocycles. The van der Waals surface area contributed by atoms with Gasteiger partial charge in [-0.1, -0.05) is 0 Å². The normalized spacial score (nSPS) is 10.5. The van der Waals surface area contributed by atoms with E-state index in [0.717, 1.165) is 15.4 Å². The van der Waals surface area contributed by atoms with Crippen LogP contribution in [0.4, 0.5) is 10.6 Å². The number of nitrogens with zero attached hydrogens (tertiary/aromatic N) is 2. The van der Waals surface area contributed by atoms with E-state index in [1.165, 1.54) is 0 Å². The van der Waals surface area contributed by atoms with Crippen LogP contribution in [0.2, 0.25) is 0 Å². The number of hydrogen-bond donors (Lipinski definition) is 2. The van der Waals surface area contributed by atoms with E-state index in [1.54, 1.807) is 12.3 Å². The lowest BCUT2D eigenvalue weighted by Crippen LogP contribution is -2.19. The smallest absolute Gasteiger partial charge is 0.317 e. The summed E-state index contributed by atoms with van der Waals surface area (Å²) in [5.74, 6) is 0.446. The van der Waals surface area contributed by atoms with E-state index in [4.69, 9.17) is 5.73 Å². The second-order valence-electron chi connectivity index (χ2n) is 3.16. The highest BCUT2D eigenvalue weighted by molar-refractivity contribution is 9.10. The Labute approximate surface area is 94.4 Å². The fourth-order valence-corrected chi connectivity index (χ4v) is 2.05. The molecule has 0 radical (unpaired) electrons. The molecule has 6 heteroatoms. The minimum absolute atomic E-state index is 0.446. The SMILES string of the molecule is Cn1cc(Br)c2cc(NC(N)=O)ncc21. The number of carbonyl (C=O) groups excluding carboxylic acids is 1. The van der Waals surface area contributed by atoms with Crippen molar-refractivity contribution in [1.82, 2.24) is 9.55 Å². The molecular formula is C9H9BrN4O. The number of primary amides is 1. The van der Waals surface area contributed by atoms with Crippen LogP contribution in [0.1, 0.15) is 0 Å². The van der Waals surface area contributed by atoms with Crippen molar-refractivity contribution in [1.29, 1.82) is 0 Å². The maximum absolute atomic E-state index is 10.6. The molecule has 2 aromatic heterocycles. The molecule has 5 nitrogen and oxygen atoms in total. The third-order valence-corrected chi connectivity index (χ3v) is 2.71. The van der Waals surface area contributed by atoms with Crippen LogP contribution < -0.4 is 11.1 Å². The van der Waals surface area contributed by atoms with E-state index in [9.17, 15) is 4.79 Å². The van der Waals surface area contributed by atoms with Crippen LogP contribution in [0.5, 0.6) is 0 Å². The molecule has 0 fully saturated rings. The van der Waals surface area contributed by atoms with Crippen LogP contribution >= 0.6 is 15.9 Å². The third-order valence-electron chi connectivity index (χ3n) is 2.08. The molecule has 15 heavy (non-hydrogen) atoms. The molecule has 2 heterocycles. The summed E-state index contributed by atoms with van der Waals surface area (Å²) in [6, 6.07) is 1.15. The highest BCUT2D eigenvalue weighted by Gasteiger charge is 2.06. The van der Waals surface area contributed by atoms with Gasteiger partial charge in [-0.2, -0.15) is 0 Å². The number of nitrogens with two attached hydrogens (primary N) is 1. The highest BCUT2D eigenvalue weighted by atomic mass is 79.9. The summed E-state index contributed by atoms with van der Waals surface area (Å²) in [5, 5.41) is 3.41. The number of anilines is 1. The summed E-state index contributed by atoms with van der Waals surface area (Å²) in [6.45, 7) is 0. The minimum atomic E-state index is -0.617. The van der Waals surface area contributed by atoms with Crippen molar-refractivity contribution in [3.05, 3.63) is 22.9 Å². The van der Waals surface area contributed by atoms with Gasteiger partial charge in [0.2, 0.25) is 0 Å². The Hall–Kier alpha value is -1.56. The molecule has 0 unspecified atom stereocenters. The van der Waals surface area contributed by atoms with Gasteiger partial charge < -0.3 is 10.3 Å². The average molecular weight is 269 g/mol. The molecule has 2 aromatic rings. The van der Waals surface area contributed by atoms with Gasteiger partial charge in [-0.05, 0) is 22.0 Å². The molecule has 3 N–H and O–H groups in total. The van der Waals surface area contributed by atoms with Gasteiger partial charge in [0.1, 0.15) is 5.82 Å². The number of nitrogens with one attached hydrogen (secondary N) is 1. The summed E-state index contributed by atoms with van der Waals surface area (Å²) in [5.41, 5.74) is 5.99. The topological polar surface area (TPSA) is 72.9 Å². The first-order chi connectivity index (χ1) is 7.08. The summed E-state index contributed by atoms with van der Waals surface area (Å²) < 4.78 is 2.90. The number of urea groups is 1. The monoisotopic (exact) mass is 268 g/mol. The molecule has 0 atom stereocenters. The minimum Gasteiger partial charge on any atom is -0.351 e. The van der Waals surface area contributed by atoms with Crippen molar-refractivity contribution in [2.45, 2.75) is 0 Å². The van der Waals surface area contributed by atoms with Crippen LogP contribution in [-0.2, 0) is 7.05 Å². The summed E-state index contributed by atoms with van der Waals surface area (Å²) in [6.07, 6.45) is 3.62. The van der Waals surface area contributed by atoms with Gasteiger partial charge in [0.05, 0.1) is 11.7 Å². The van der Waals surface area contributed by atoms with Crippen LogP contribution in [-0.4, -0.2) is 15.6 Å². The van der Waals surface area contributed by atoms with E-state index in [-0.39, 0.29) is 0 Å². The molecular weight excluding hydrogens is 260 g/mol. The van der Waals surface area contributed by atoms with Crippen molar-refractivity contribution in [3.63, 3.8) is 0 Å². The first kappa shape index (κ1) is 9.97. The standard InChI is InChI=1S/C9H9BrN4O/c1-14-4-6(10)5-2-8(13-9(11)15)12-3-7(5)14/h2-4H,1H3,(H3,11,12,13,15). The predicted octanol–water partition coefficient (Wildman–Crippen LogP) is 1.83. The molecule has 0 aliphatic rings. The maximum atomic E-state index is 10.6. The number of amides is 2. The Bertz CT molecular complexity index is 534. The number of rotatable bonds is 1. The van der Waals surface area contributed by atoms with Crippen molar-refractivity contribution in [3.8, 4) is 0 Å². The molecule has 0 aromatic carbocycles. The van der Waals surface area contributed by atoms with Gasteiger partial charge in [-0.3, -0.25) is 5.32 Å². The van der Waals surface area contributed by atoms with E-state index in [0.29, 0.717) is 5.82 Å². The van der Waals surface area contributed by atoms with Crippen molar-refractivity contribution in [2.75, 3.05) is 5.32 Å². The molecule has 0 aliphatic heterocycles. The van der Waals surface area contributed by atoms with E-state index >= 15 is 0 Å². The lowest BCUT2D eigenvalue weighted by molar-refractivity contribution is 0.259. The zero-order valence-electron chi connectivity index (χ0n) is 7.99. The first-order valence-electron chi connectivity index (χ1n) is 4.25. The Morgan fingerprint density at radius 3 is 3.07 bits per heavy atom. The van der Waals surface area contributed by atoms with Crippen molar-refractivity contribution >= 4 is 38.7 Å². The van der Waals surface area contributed by atoms with Crippen LogP contribution in [0.3, 0.4) is 0 Å². The Morgan fingerprint density at radius 1 is 1.67 bits per heavy atom. The van der Waals surface area contributed by atoms with Gasteiger partial charge in [0, 0.05) is 23.1 Å².